The number of aromatic nitrogens is 1. The lowest BCUT2D eigenvalue weighted by Gasteiger charge is -2.30. The van der Waals surface area contributed by atoms with Gasteiger partial charge in [0.05, 0.1) is 22.2 Å². The van der Waals surface area contributed by atoms with E-state index in [4.69, 9.17) is 4.74 Å². The Balaban J connectivity index is 1.65. The second kappa shape index (κ2) is 10.6. The van der Waals surface area contributed by atoms with Gasteiger partial charge in [0.2, 0.25) is 0 Å². The third-order valence-corrected chi connectivity index (χ3v) is 8.79. The first-order valence-electron chi connectivity index (χ1n) is 11.6. The van der Waals surface area contributed by atoms with Crippen LogP contribution in [0.5, 0.6) is 5.75 Å². The summed E-state index contributed by atoms with van der Waals surface area (Å²) in [6.45, 7) is 3.33. The third-order valence-electron chi connectivity index (χ3n) is 6.49. The standard InChI is InChI=1S/C26H30BrFN2O3S/c1-3-34(31,32)21-15-22(26(33-2)23(27)16-21)24-13-12-20(29-24)17-30-14-6-4-5-7-25(30)18-8-10-19(28)11-9-18/h8-13,15-16,25,29H,3-7,14,17H2,1-2H3. The van der Waals surface area contributed by atoms with Crippen LogP contribution in [0, 0.1) is 5.82 Å². The SMILES string of the molecule is CCS(=O)(=O)c1cc(Br)c(OC)c(-c2ccc(CN3CCCCCC3c3ccc(F)cc3)[nH]2)c1. The molecule has 2 heterocycles. The summed E-state index contributed by atoms with van der Waals surface area (Å²) in [5.41, 5.74) is 3.67. The number of hydrogen-bond donors (Lipinski definition) is 1. The number of ether oxygens (including phenoxy) is 1. The van der Waals surface area contributed by atoms with Crippen molar-refractivity contribution in [1.82, 2.24) is 9.88 Å². The van der Waals surface area contributed by atoms with Gasteiger partial charge < -0.3 is 9.72 Å². The van der Waals surface area contributed by atoms with E-state index < -0.39 is 9.84 Å². The Morgan fingerprint density at radius 2 is 1.88 bits per heavy atom. The molecule has 1 aromatic heterocycles. The van der Waals surface area contributed by atoms with Crippen molar-refractivity contribution in [2.24, 2.45) is 0 Å². The van der Waals surface area contributed by atoms with Crippen LogP contribution in [0.3, 0.4) is 0 Å². The number of likely N-dealkylation sites (tertiary alicyclic amines) is 1. The number of sulfone groups is 1. The molecule has 4 rings (SSSR count). The van der Waals surface area contributed by atoms with Gasteiger partial charge in [0.1, 0.15) is 11.6 Å². The molecule has 8 heteroatoms. The minimum absolute atomic E-state index is 0.0287. The average Bonchev–Trinajstić information content (AvgIpc) is 3.17. The summed E-state index contributed by atoms with van der Waals surface area (Å²) in [6.07, 6.45) is 4.51. The quantitative estimate of drug-likeness (QED) is 0.366. The predicted molar refractivity (Wildman–Crippen MR) is 136 cm³/mol. The Morgan fingerprint density at radius 3 is 2.59 bits per heavy atom. The van der Waals surface area contributed by atoms with Crippen molar-refractivity contribution in [2.45, 2.75) is 50.1 Å². The molecule has 0 spiro atoms. The molecule has 1 aliphatic heterocycles. The van der Waals surface area contributed by atoms with Crippen molar-refractivity contribution >= 4 is 25.8 Å². The molecule has 1 atom stereocenters. The molecule has 5 nitrogen and oxygen atoms in total. The second-order valence-corrected chi connectivity index (χ2v) is 11.8. The maximum Gasteiger partial charge on any atom is 0.178 e. The van der Waals surface area contributed by atoms with Crippen LogP contribution in [0.15, 0.2) is 57.9 Å². The van der Waals surface area contributed by atoms with Crippen LogP contribution in [-0.4, -0.2) is 37.7 Å². The van der Waals surface area contributed by atoms with Crippen LogP contribution in [0.1, 0.15) is 49.9 Å². The lowest BCUT2D eigenvalue weighted by molar-refractivity contribution is 0.190. The molecular weight excluding hydrogens is 519 g/mol. The van der Waals surface area contributed by atoms with E-state index in [9.17, 15) is 12.8 Å². The molecule has 1 fully saturated rings. The number of hydrogen-bond acceptors (Lipinski definition) is 4. The summed E-state index contributed by atoms with van der Waals surface area (Å²) in [6, 6.07) is 14.3. The fourth-order valence-corrected chi connectivity index (χ4v) is 6.35. The molecule has 182 valence electrons. The highest BCUT2D eigenvalue weighted by Crippen LogP contribution is 2.39. The van der Waals surface area contributed by atoms with Crippen LogP contribution < -0.4 is 4.74 Å². The maximum atomic E-state index is 13.5. The fourth-order valence-electron chi connectivity index (χ4n) is 4.65. The van der Waals surface area contributed by atoms with E-state index in [0.717, 1.165) is 49.3 Å². The van der Waals surface area contributed by atoms with Crippen LogP contribution >= 0.6 is 15.9 Å². The smallest absolute Gasteiger partial charge is 0.178 e. The van der Waals surface area contributed by atoms with Crippen molar-refractivity contribution in [3.63, 3.8) is 0 Å². The number of H-pyrrole nitrogens is 1. The minimum Gasteiger partial charge on any atom is -0.495 e. The van der Waals surface area contributed by atoms with Gasteiger partial charge >= 0.3 is 0 Å². The summed E-state index contributed by atoms with van der Waals surface area (Å²) >= 11 is 3.47. The summed E-state index contributed by atoms with van der Waals surface area (Å²) in [4.78, 5) is 6.19. The van der Waals surface area contributed by atoms with Crippen LogP contribution in [0.2, 0.25) is 0 Å². The highest BCUT2D eigenvalue weighted by atomic mass is 79.9. The molecule has 0 aliphatic carbocycles. The first-order chi connectivity index (χ1) is 16.3. The first-order valence-corrected chi connectivity index (χ1v) is 14.0. The number of halogens is 2. The molecule has 2 aromatic carbocycles. The van der Waals surface area contributed by atoms with Crippen molar-refractivity contribution in [1.29, 1.82) is 0 Å². The first kappa shape index (κ1) is 24.9. The molecule has 0 amide bonds. The van der Waals surface area contributed by atoms with Crippen LogP contribution in [-0.2, 0) is 16.4 Å². The van der Waals surface area contributed by atoms with Crippen molar-refractivity contribution in [2.75, 3.05) is 19.4 Å². The van der Waals surface area contributed by atoms with Gasteiger partial charge in [-0.3, -0.25) is 4.90 Å². The summed E-state index contributed by atoms with van der Waals surface area (Å²) in [7, 11) is -1.80. The summed E-state index contributed by atoms with van der Waals surface area (Å²) in [5.74, 6) is 0.397. The van der Waals surface area contributed by atoms with Crippen LogP contribution in [0.4, 0.5) is 4.39 Å². The molecular formula is C26H30BrFN2O3S. The zero-order valence-corrected chi connectivity index (χ0v) is 21.9. The Bertz CT molecular complexity index is 1240. The molecule has 0 radical (unpaired) electrons. The topological polar surface area (TPSA) is 62.4 Å². The van der Waals surface area contributed by atoms with Crippen molar-refractivity contribution < 1.29 is 17.5 Å². The largest absolute Gasteiger partial charge is 0.495 e. The van der Waals surface area contributed by atoms with E-state index in [0.29, 0.717) is 15.8 Å². The van der Waals surface area contributed by atoms with Gasteiger partial charge in [-0.25, -0.2) is 12.8 Å². The number of nitrogens with zero attached hydrogens (tertiary/aromatic N) is 1. The number of rotatable bonds is 7. The second-order valence-electron chi connectivity index (χ2n) is 8.67. The maximum absolute atomic E-state index is 13.5. The Morgan fingerprint density at radius 1 is 1.12 bits per heavy atom. The molecule has 1 unspecified atom stereocenters. The van der Waals surface area contributed by atoms with Gasteiger partial charge in [0, 0.05) is 29.5 Å². The fraction of sp³-hybridized carbons (Fsp3) is 0.385. The molecule has 0 bridgehead atoms. The molecule has 1 N–H and O–H groups in total. The van der Waals surface area contributed by atoms with E-state index in [-0.39, 0.29) is 22.5 Å². The Kier molecular flexibility index (Phi) is 7.80. The number of nitrogens with one attached hydrogen (secondary N) is 1. The van der Waals surface area contributed by atoms with Gasteiger partial charge in [-0.15, -0.1) is 0 Å². The zero-order valence-electron chi connectivity index (χ0n) is 19.5. The summed E-state index contributed by atoms with van der Waals surface area (Å²) < 4.78 is 44.7. The lowest BCUT2D eigenvalue weighted by atomic mass is 10.0. The Labute approximate surface area is 209 Å². The van der Waals surface area contributed by atoms with E-state index >= 15 is 0 Å². The van der Waals surface area contributed by atoms with E-state index in [1.165, 1.54) is 18.6 Å². The molecule has 0 saturated carbocycles. The average molecular weight is 550 g/mol. The van der Waals surface area contributed by atoms with Gasteiger partial charge in [0.15, 0.2) is 9.84 Å². The minimum atomic E-state index is -3.37. The molecule has 1 aliphatic rings. The van der Waals surface area contributed by atoms with Crippen molar-refractivity contribution in [3.8, 4) is 17.0 Å². The van der Waals surface area contributed by atoms with E-state index in [1.807, 2.05) is 24.3 Å². The summed E-state index contributed by atoms with van der Waals surface area (Å²) in [5, 5.41) is 0. The van der Waals surface area contributed by atoms with E-state index in [1.54, 1.807) is 26.2 Å². The monoisotopic (exact) mass is 548 g/mol. The molecule has 34 heavy (non-hydrogen) atoms. The molecule has 3 aromatic rings. The molecule has 1 saturated heterocycles. The van der Waals surface area contributed by atoms with Gasteiger partial charge in [-0.05, 0) is 77.3 Å². The normalized spacial score (nSPS) is 17.5. The predicted octanol–water partition coefficient (Wildman–Crippen LogP) is 6.50. The highest BCUT2D eigenvalue weighted by molar-refractivity contribution is 9.10. The van der Waals surface area contributed by atoms with Crippen LogP contribution in [0.25, 0.3) is 11.3 Å². The van der Waals surface area contributed by atoms with Gasteiger partial charge in [0.25, 0.3) is 0 Å². The zero-order chi connectivity index (χ0) is 24.3. The lowest BCUT2D eigenvalue weighted by Crippen LogP contribution is -2.28. The number of aromatic amines is 1. The third kappa shape index (κ3) is 5.39. The van der Waals surface area contributed by atoms with Gasteiger partial charge in [-0.2, -0.15) is 0 Å². The van der Waals surface area contributed by atoms with Gasteiger partial charge in [-0.1, -0.05) is 31.9 Å². The number of methoxy groups -OCH3 is 1. The van der Waals surface area contributed by atoms with E-state index in [2.05, 4.69) is 25.8 Å². The number of benzene rings is 2. The Hall–Kier alpha value is -2.16. The van der Waals surface area contributed by atoms with Crippen molar-refractivity contribution in [3.05, 3.63) is 70.1 Å². The highest BCUT2D eigenvalue weighted by Gasteiger charge is 2.24.